The van der Waals surface area contributed by atoms with Gasteiger partial charge in [-0.2, -0.15) is 0 Å². The first-order chi connectivity index (χ1) is 10.2. The van der Waals surface area contributed by atoms with E-state index in [-0.39, 0.29) is 0 Å². The summed E-state index contributed by atoms with van der Waals surface area (Å²) in [7, 11) is 0. The molecule has 3 nitrogen and oxygen atoms in total. The maximum atomic E-state index is 5.95. The normalized spacial score (nSPS) is 11.0. The summed E-state index contributed by atoms with van der Waals surface area (Å²) in [5.41, 5.74) is 10.4. The Labute approximate surface area is 128 Å². The average molecular weight is 299 g/mol. The molecule has 106 valence electrons. The zero-order valence-corrected chi connectivity index (χ0v) is 12.2. The van der Waals surface area contributed by atoms with E-state index in [1.165, 1.54) is 0 Å². The van der Waals surface area contributed by atoms with E-state index >= 15 is 0 Å². The summed E-state index contributed by atoms with van der Waals surface area (Å²) < 4.78 is 5.33. The van der Waals surface area contributed by atoms with Gasteiger partial charge in [-0.15, -0.1) is 0 Å². The van der Waals surface area contributed by atoms with Gasteiger partial charge in [0.2, 0.25) is 0 Å². The first-order valence-electron chi connectivity index (χ1n) is 6.69. The summed E-state index contributed by atoms with van der Waals surface area (Å²) in [5, 5.41) is 5.68. The first-order valence-corrected chi connectivity index (χ1v) is 7.07. The molecule has 1 aromatic heterocycles. The number of aromatic nitrogens is 1. The lowest BCUT2D eigenvalue weighted by molar-refractivity contribution is 0.453. The Morgan fingerprint density at radius 3 is 2.71 bits per heavy atom. The van der Waals surface area contributed by atoms with Crippen LogP contribution in [0, 0.1) is 0 Å². The van der Waals surface area contributed by atoms with E-state index in [1.807, 2.05) is 30.3 Å². The number of halogens is 1. The summed E-state index contributed by atoms with van der Waals surface area (Å²) in [5.74, 6) is 0. The molecular weight excluding hydrogens is 284 g/mol. The van der Waals surface area contributed by atoms with E-state index in [0.29, 0.717) is 23.6 Å². The molecule has 4 heteroatoms. The molecule has 0 unspecified atom stereocenters. The Bertz CT molecular complexity index is 807. The van der Waals surface area contributed by atoms with Crippen molar-refractivity contribution in [2.75, 3.05) is 0 Å². The first kappa shape index (κ1) is 13.9. The third-order valence-electron chi connectivity index (χ3n) is 3.51. The van der Waals surface area contributed by atoms with E-state index in [1.54, 1.807) is 6.07 Å². The Hall–Kier alpha value is -2.10. The number of fused-ring (bicyclic) bond motifs is 1. The molecule has 21 heavy (non-hydrogen) atoms. The monoisotopic (exact) mass is 298 g/mol. The van der Waals surface area contributed by atoms with Crippen LogP contribution in [0.4, 0.5) is 0 Å². The number of rotatable bonds is 4. The molecule has 0 amide bonds. The summed E-state index contributed by atoms with van der Waals surface area (Å²) in [4.78, 5) is 0. The van der Waals surface area contributed by atoms with Gasteiger partial charge in [0, 0.05) is 23.0 Å². The van der Waals surface area contributed by atoms with Crippen molar-refractivity contribution in [2.45, 2.75) is 13.0 Å². The number of hydrogen-bond acceptors (Lipinski definition) is 3. The Kier molecular flexibility index (Phi) is 3.78. The maximum Gasteiger partial charge on any atom is 0.168 e. The number of allylic oxidation sites excluding steroid dienone is 1. The molecule has 1 heterocycles. The van der Waals surface area contributed by atoms with Crippen molar-refractivity contribution in [3.8, 4) is 0 Å². The van der Waals surface area contributed by atoms with Crippen LogP contribution in [0.5, 0.6) is 0 Å². The molecule has 0 aliphatic rings. The van der Waals surface area contributed by atoms with Gasteiger partial charge in [0.25, 0.3) is 0 Å². The van der Waals surface area contributed by atoms with Gasteiger partial charge in [0.05, 0.1) is 0 Å². The van der Waals surface area contributed by atoms with Crippen LogP contribution < -0.4 is 5.73 Å². The standard InChI is InChI=1S/C17H15ClN2O/c1-11(8-12-4-2-3-5-13(12)10-19)17-15-7-6-14(18)9-16(15)21-20-17/h2-7,9H,1,8,10,19H2. The molecule has 0 radical (unpaired) electrons. The topological polar surface area (TPSA) is 52.0 Å². The van der Waals surface area contributed by atoms with Crippen LogP contribution in [-0.2, 0) is 13.0 Å². The lowest BCUT2D eigenvalue weighted by Crippen LogP contribution is -2.02. The van der Waals surface area contributed by atoms with Crippen molar-refractivity contribution in [1.82, 2.24) is 5.16 Å². The second-order valence-electron chi connectivity index (χ2n) is 4.92. The van der Waals surface area contributed by atoms with Crippen LogP contribution in [0.1, 0.15) is 16.8 Å². The van der Waals surface area contributed by atoms with Gasteiger partial charge >= 0.3 is 0 Å². The van der Waals surface area contributed by atoms with Crippen LogP contribution in [0.3, 0.4) is 0 Å². The fraction of sp³-hybridized carbons (Fsp3) is 0.118. The summed E-state index contributed by atoms with van der Waals surface area (Å²) in [6.07, 6.45) is 0.692. The fourth-order valence-electron chi connectivity index (χ4n) is 2.41. The van der Waals surface area contributed by atoms with E-state index in [9.17, 15) is 0 Å². The SMILES string of the molecule is C=C(Cc1ccccc1CN)c1noc2cc(Cl)ccc12. The maximum absolute atomic E-state index is 5.95. The molecule has 0 atom stereocenters. The van der Waals surface area contributed by atoms with Gasteiger partial charge in [-0.1, -0.05) is 47.6 Å². The average Bonchev–Trinajstić information content (AvgIpc) is 2.90. The molecule has 3 rings (SSSR count). The highest BCUT2D eigenvalue weighted by molar-refractivity contribution is 6.31. The number of hydrogen-bond donors (Lipinski definition) is 1. The molecule has 2 N–H and O–H groups in total. The minimum absolute atomic E-state index is 0.513. The van der Waals surface area contributed by atoms with Crippen LogP contribution in [-0.4, -0.2) is 5.16 Å². The third kappa shape index (κ3) is 2.71. The Morgan fingerprint density at radius 2 is 1.95 bits per heavy atom. The van der Waals surface area contributed by atoms with Crippen molar-refractivity contribution >= 4 is 28.1 Å². The number of nitrogens with two attached hydrogens (primary N) is 1. The zero-order valence-electron chi connectivity index (χ0n) is 11.5. The number of benzene rings is 2. The molecule has 0 spiro atoms. The molecule has 0 saturated heterocycles. The molecule has 0 aliphatic heterocycles. The zero-order chi connectivity index (χ0) is 14.8. The van der Waals surface area contributed by atoms with Crippen molar-refractivity contribution < 1.29 is 4.52 Å². The largest absolute Gasteiger partial charge is 0.356 e. The van der Waals surface area contributed by atoms with E-state index in [2.05, 4.69) is 17.8 Å². The van der Waals surface area contributed by atoms with Crippen molar-refractivity contribution in [3.63, 3.8) is 0 Å². The van der Waals surface area contributed by atoms with Gasteiger partial charge in [-0.05, 0) is 35.3 Å². The van der Waals surface area contributed by atoms with E-state index in [0.717, 1.165) is 27.8 Å². The van der Waals surface area contributed by atoms with Crippen molar-refractivity contribution in [1.29, 1.82) is 0 Å². The van der Waals surface area contributed by atoms with Gasteiger partial charge in [0.15, 0.2) is 5.58 Å². The van der Waals surface area contributed by atoms with Crippen LogP contribution in [0.2, 0.25) is 5.02 Å². The minimum Gasteiger partial charge on any atom is -0.356 e. The molecule has 0 fully saturated rings. The highest BCUT2D eigenvalue weighted by Gasteiger charge is 2.13. The van der Waals surface area contributed by atoms with Crippen molar-refractivity contribution in [2.24, 2.45) is 5.73 Å². The second-order valence-corrected chi connectivity index (χ2v) is 5.36. The molecule has 0 aliphatic carbocycles. The smallest absolute Gasteiger partial charge is 0.168 e. The minimum atomic E-state index is 0.513. The molecule has 0 saturated carbocycles. The Morgan fingerprint density at radius 1 is 1.19 bits per heavy atom. The predicted octanol–water partition coefficient (Wildman–Crippen LogP) is 4.20. The van der Waals surface area contributed by atoms with Crippen LogP contribution in [0.15, 0.2) is 53.6 Å². The quantitative estimate of drug-likeness (QED) is 0.785. The lowest BCUT2D eigenvalue weighted by Gasteiger charge is -2.08. The molecule has 2 aromatic carbocycles. The van der Waals surface area contributed by atoms with Gasteiger partial charge in [0.1, 0.15) is 5.69 Å². The van der Waals surface area contributed by atoms with Crippen LogP contribution in [0.25, 0.3) is 16.5 Å². The summed E-state index contributed by atoms with van der Waals surface area (Å²) in [6, 6.07) is 13.6. The second kappa shape index (κ2) is 5.72. The fourth-order valence-corrected chi connectivity index (χ4v) is 2.57. The van der Waals surface area contributed by atoms with Crippen molar-refractivity contribution in [3.05, 3.63) is 70.9 Å². The highest BCUT2D eigenvalue weighted by Crippen LogP contribution is 2.28. The summed E-state index contributed by atoms with van der Waals surface area (Å²) in [6.45, 7) is 4.66. The van der Waals surface area contributed by atoms with Gasteiger partial charge < -0.3 is 10.3 Å². The molecule has 3 aromatic rings. The molecule has 0 bridgehead atoms. The van der Waals surface area contributed by atoms with Gasteiger partial charge in [-0.3, -0.25) is 0 Å². The third-order valence-corrected chi connectivity index (χ3v) is 3.75. The highest BCUT2D eigenvalue weighted by atomic mass is 35.5. The van der Waals surface area contributed by atoms with E-state index in [4.69, 9.17) is 21.9 Å². The van der Waals surface area contributed by atoms with Gasteiger partial charge in [-0.25, -0.2) is 0 Å². The molecular formula is C17H15ClN2O. The summed E-state index contributed by atoms with van der Waals surface area (Å²) >= 11 is 5.95. The Balaban J connectivity index is 1.94. The lowest BCUT2D eigenvalue weighted by atomic mass is 9.98. The predicted molar refractivity (Wildman–Crippen MR) is 86.1 cm³/mol. The number of nitrogens with zero attached hydrogens (tertiary/aromatic N) is 1. The van der Waals surface area contributed by atoms with E-state index < -0.39 is 0 Å². The van der Waals surface area contributed by atoms with Crippen LogP contribution >= 0.6 is 11.6 Å².